The number of aromatic nitrogens is 8. The second kappa shape index (κ2) is 17.6. The molecule has 0 spiro atoms. The maximum atomic E-state index is 15.3. The monoisotopic (exact) mass is 1020 g/mol. The lowest BCUT2D eigenvalue weighted by Gasteiger charge is -2.21. The summed E-state index contributed by atoms with van der Waals surface area (Å²) >= 11 is 0. The van der Waals surface area contributed by atoms with E-state index >= 15 is 8.78 Å². The maximum absolute atomic E-state index is 15.3. The number of ether oxygens (including phenoxy) is 2. The number of hydrogen-bond acceptors (Lipinski definition) is 10. The summed E-state index contributed by atoms with van der Waals surface area (Å²) in [4.78, 5) is 26.6. The predicted molar refractivity (Wildman–Crippen MR) is 276 cm³/mol. The summed E-state index contributed by atoms with van der Waals surface area (Å²) < 4.78 is 75.8. The Bertz CT molecular complexity index is 3670. The minimum absolute atomic E-state index is 0.0740. The van der Waals surface area contributed by atoms with Gasteiger partial charge in [-0.05, 0) is 101 Å². The maximum Gasteiger partial charge on any atom is 0.165 e. The van der Waals surface area contributed by atoms with Crippen molar-refractivity contribution in [3.8, 4) is 45.3 Å². The number of nitrogens with zero attached hydrogens (tertiary/aromatic N) is 8. The summed E-state index contributed by atoms with van der Waals surface area (Å²) in [5.74, 6) is 3.47. The molecular formula is C60H48F4N8O4. The first-order chi connectivity index (χ1) is 36.6. The molecule has 2 saturated carbocycles. The third kappa shape index (κ3) is 8.14. The van der Waals surface area contributed by atoms with Crippen molar-refractivity contribution in [3.05, 3.63) is 204 Å². The van der Waals surface area contributed by atoms with Crippen LogP contribution in [0, 0.1) is 35.1 Å². The van der Waals surface area contributed by atoms with Crippen molar-refractivity contribution in [2.75, 3.05) is 0 Å². The first-order valence-electron chi connectivity index (χ1n) is 25.1. The Hall–Kier alpha value is -8.34. The van der Waals surface area contributed by atoms with Gasteiger partial charge in [0.15, 0.2) is 34.8 Å². The third-order valence-electron chi connectivity index (χ3n) is 14.9. The van der Waals surface area contributed by atoms with Gasteiger partial charge in [-0.1, -0.05) is 60.7 Å². The molecule has 2 aliphatic carbocycles. The van der Waals surface area contributed by atoms with Gasteiger partial charge >= 0.3 is 0 Å². The van der Waals surface area contributed by atoms with Crippen LogP contribution in [0.3, 0.4) is 0 Å². The van der Waals surface area contributed by atoms with Crippen molar-refractivity contribution >= 4 is 22.1 Å². The average molecular weight is 1020 g/mol. The molecule has 76 heavy (non-hydrogen) atoms. The van der Waals surface area contributed by atoms with Gasteiger partial charge in [-0.15, -0.1) is 0 Å². The van der Waals surface area contributed by atoms with Gasteiger partial charge in [0.05, 0.1) is 34.2 Å². The predicted octanol–water partition coefficient (Wildman–Crippen LogP) is 13.0. The summed E-state index contributed by atoms with van der Waals surface area (Å²) in [5, 5.41) is 20.4. The van der Waals surface area contributed by atoms with Gasteiger partial charge in [0, 0.05) is 82.1 Å². The van der Waals surface area contributed by atoms with Gasteiger partial charge in [-0.3, -0.25) is 0 Å². The first kappa shape index (κ1) is 47.4. The van der Waals surface area contributed by atoms with Crippen molar-refractivity contribution in [1.29, 1.82) is 0 Å². The zero-order valence-electron chi connectivity index (χ0n) is 41.5. The molecule has 380 valence electrons. The van der Waals surface area contributed by atoms with E-state index in [1.165, 1.54) is 49.1 Å². The molecule has 2 N–H and O–H groups in total. The van der Waals surface area contributed by atoms with E-state index < -0.39 is 34.5 Å². The Morgan fingerprint density at radius 1 is 0.474 bits per heavy atom. The highest BCUT2D eigenvalue weighted by atomic mass is 19.1. The van der Waals surface area contributed by atoms with Gasteiger partial charge < -0.3 is 28.8 Å². The summed E-state index contributed by atoms with van der Waals surface area (Å²) in [5.41, 5.74) is 4.00. The lowest BCUT2D eigenvalue weighted by Crippen LogP contribution is -2.19. The van der Waals surface area contributed by atoms with Crippen LogP contribution in [0.4, 0.5) is 17.6 Å². The van der Waals surface area contributed by atoms with Crippen LogP contribution in [0.2, 0.25) is 0 Å². The van der Waals surface area contributed by atoms with E-state index in [0.29, 0.717) is 56.6 Å². The zero-order chi connectivity index (χ0) is 52.4. The molecule has 4 aromatic heterocycles. The molecule has 10 aromatic rings. The van der Waals surface area contributed by atoms with E-state index in [-0.39, 0.29) is 47.1 Å². The number of imidazole rings is 2. The van der Waals surface area contributed by atoms with E-state index in [4.69, 9.17) is 19.4 Å². The number of aliphatic hydroxyl groups is 2. The highest BCUT2D eigenvalue weighted by molar-refractivity contribution is 5.85. The number of halogens is 4. The Morgan fingerprint density at radius 3 is 1.20 bits per heavy atom. The fourth-order valence-electron chi connectivity index (χ4n) is 11.2. The van der Waals surface area contributed by atoms with Crippen LogP contribution in [0.25, 0.3) is 44.3 Å². The second-order valence-electron chi connectivity index (χ2n) is 21.1. The van der Waals surface area contributed by atoms with Crippen molar-refractivity contribution in [2.24, 2.45) is 11.8 Å². The van der Waals surface area contributed by atoms with E-state index in [0.717, 1.165) is 46.7 Å². The van der Waals surface area contributed by atoms with Crippen LogP contribution < -0.4 is 9.47 Å². The molecule has 0 saturated heterocycles. The largest absolute Gasteiger partial charge is 0.454 e. The van der Waals surface area contributed by atoms with Crippen LogP contribution in [-0.2, 0) is 11.2 Å². The molecule has 2 fully saturated rings. The number of para-hydroxylation sites is 4. The lowest BCUT2D eigenvalue weighted by molar-refractivity contribution is 0.0682. The Balaban J connectivity index is 0.000000146. The molecule has 4 aliphatic rings. The topological polar surface area (TPSA) is 146 Å². The molecular weight excluding hydrogens is 973 g/mol. The smallest absolute Gasteiger partial charge is 0.165 e. The molecule has 0 radical (unpaired) electrons. The van der Waals surface area contributed by atoms with Gasteiger partial charge in [-0.25, -0.2) is 47.5 Å². The highest BCUT2D eigenvalue weighted by Gasteiger charge is 2.56. The quantitative estimate of drug-likeness (QED) is 0.127. The van der Waals surface area contributed by atoms with Gasteiger partial charge in [0.2, 0.25) is 0 Å². The summed E-state index contributed by atoms with van der Waals surface area (Å²) in [6.45, 7) is 6.40. The highest BCUT2D eigenvalue weighted by Crippen LogP contribution is 2.64. The van der Waals surface area contributed by atoms with Gasteiger partial charge in [-0.2, -0.15) is 0 Å². The molecule has 0 unspecified atom stereocenters. The van der Waals surface area contributed by atoms with Crippen LogP contribution in [0.15, 0.2) is 146 Å². The molecule has 16 heteroatoms. The first-order valence-corrected chi connectivity index (χ1v) is 25.1. The van der Waals surface area contributed by atoms with Crippen LogP contribution in [0.5, 0.6) is 23.0 Å². The van der Waals surface area contributed by atoms with Crippen molar-refractivity contribution in [1.82, 2.24) is 39.0 Å². The van der Waals surface area contributed by atoms with Crippen molar-refractivity contribution in [2.45, 2.75) is 75.7 Å². The number of fused-ring (bicyclic) bond motifs is 10. The molecule has 12 nitrogen and oxygen atoms in total. The molecule has 0 amide bonds. The van der Waals surface area contributed by atoms with Crippen LogP contribution in [0.1, 0.15) is 98.9 Å². The van der Waals surface area contributed by atoms with E-state index in [9.17, 15) is 19.0 Å². The minimum Gasteiger partial charge on any atom is -0.454 e. The Kier molecular flexibility index (Phi) is 11.0. The SMILES string of the molecule is CC(C)(O)c1ncc(-c2cc3c(cc2F)nc2n3[C@@H](c3ccccc3Oc3ccccc3F)[C@@H]3C[C@H]23)cn1.CC(C)(O)c1ncc(-c2cc3c(cc2F)nc2n3[C@H](c3ccccc3Oc3ccccc3F)[C@@H]3C[C@H]23)cn1. The Morgan fingerprint density at radius 2 is 0.829 bits per heavy atom. The van der Waals surface area contributed by atoms with Gasteiger partial charge in [0.1, 0.15) is 46.0 Å². The van der Waals surface area contributed by atoms with E-state index in [1.54, 1.807) is 76.2 Å². The normalized spacial score (nSPS) is 19.9. The van der Waals surface area contributed by atoms with Crippen LogP contribution >= 0.6 is 0 Å². The fraction of sp³-hybridized carbons (Fsp3) is 0.233. The molecule has 6 aromatic carbocycles. The molecule has 6 heterocycles. The Labute approximate surface area is 433 Å². The minimum atomic E-state index is -1.19. The number of benzene rings is 6. The van der Waals surface area contributed by atoms with Crippen molar-refractivity contribution < 1.29 is 37.2 Å². The van der Waals surface area contributed by atoms with Crippen molar-refractivity contribution in [3.63, 3.8) is 0 Å². The van der Waals surface area contributed by atoms with Crippen LogP contribution in [-0.4, -0.2) is 49.3 Å². The number of hydrogen-bond donors (Lipinski definition) is 2. The second-order valence-corrected chi connectivity index (χ2v) is 21.1. The molecule has 2 aliphatic heterocycles. The van der Waals surface area contributed by atoms with E-state index in [1.807, 2.05) is 48.5 Å². The molecule has 0 bridgehead atoms. The third-order valence-corrected chi connectivity index (χ3v) is 14.9. The van der Waals surface area contributed by atoms with Gasteiger partial charge in [0.25, 0.3) is 0 Å². The fourth-order valence-corrected chi connectivity index (χ4v) is 11.2. The standard InChI is InChI=1S/2C30H24F2N4O2/c2*1-30(2,37)29-33-14-16(15-34-29)18-12-24-23(13-22(18)32)35-28-20-11-19(20)27(36(24)28)17-7-3-5-9-25(17)38-26-10-6-4-8-21(26)31/h2*3-10,12-15,19-20,27,37H,11H2,1-2H3/t19-,20+,27+;19-,20+,27-/m11/s1. The molecule has 14 rings (SSSR count). The summed E-state index contributed by atoms with van der Waals surface area (Å²) in [7, 11) is 0. The zero-order valence-corrected chi connectivity index (χ0v) is 41.5. The number of rotatable bonds is 10. The average Bonchev–Trinajstić information content (AvgIpc) is 4.24. The summed E-state index contributed by atoms with van der Waals surface area (Å²) in [6.07, 6.45) is 8.08. The molecule has 6 atom stereocenters. The lowest BCUT2D eigenvalue weighted by atomic mass is 10.0. The van der Waals surface area contributed by atoms with E-state index in [2.05, 4.69) is 29.1 Å². The summed E-state index contributed by atoms with van der Waals surface area (Å²) in [6, 6.07) is 34.4.